The van der Waals surface area contributed by atoms with Crippen LogP contribution >= 0.6 is 0 Å². The van der Waals surface area contributed by atoms with E-state index in [0.29, 0.717) is 0 Å². The standard InChI is InChI=1S/C14H25N3/c1-5-17(6-2)14-8-7-13(11-16-14)15-10-9-12(3)4/h7-8,11-12,15H,5-6,9-10H2,1-4H3. The summed E-state index contributed by atoms with van der Waals surface area (Å²) in [4.78, 5) is 6.73. The Morgan fingerprint density at radius 2 is 1.94 bits per heavy atom. The van der Waals surface area contributed by atoms with Crippen LogP contribution < -0.4 is 10.2 Å². The molecule has 1 heterocycles. The van der Waals surface area contributed by atoms with Crippen LogP contribution in [-0.4, -0.2) is 24.6 Å². The molecule has 1 N–H and O–H groups in total. The lowest BCUT2D eigenvalue weighted by molar-refractivity contribution is 0.607. The van der Waals surface area contributed by atoms with Gasteiger partial charge in [0.2, 0.25) is 0 Å². The maximum Gasteiger partial charge on any atom is 0.128 e. The van der Waals surface area contributed by atoms with Crippen LogP contribution in [-0.2, 0) is 0 Å². The number of hydrogen-bond acceptors (Lipinski definition) is 3. The number of hydrogen-bond donors (Lipinski definition) is 1. The van der Waals surface area contributed by atoms with E-state index >= 15 is 0 Å². The number of aromatic nitrogens is 1. The van der Waals surface area contributed by atoms with Gasteiger partial charge < -0.3 is 10.2 Å². The molecule has 0 unspecified atom stereocenters. The molecule has 0 bridgehead atoms. The highest BCUT2D eigenvalue weighted by atomic mass is 15.2. The summed E-state index contributed by atoms with van der Waals surface area (Å²) < 4.78 is 0. The topological polar surface area (TPSA) is 28.2 Å². The highest BCUT2D eigenvalue weighted by molar-refractivity contribution is 5.48. The maximum atomic E-state index is 4.48. The van der Waals surface area contributed by atoms with E-state index in [-0.39, 0.29) is 0 Å². The summed E-state index contributed by atoms with van der Waals surface area (Å²) in [6.07, 6.45) is 3.12. The van der Waals surface area contributed by atoms with Crippen LogP contribution in [0.15, 0.2) is 18.3 Å². The van der Waals surface area contributed by atoms with Gasteiger partial charge in [0.15, 0.2) is 0 Å². The average Bonchev–Trinajstić information content (AvgIpc) is 2.32. The molecule has 0 aliphatic carbocycles. The van der Waals surface area contributed by atoms with Crippen molar-refractivity contribution in [1.82, 2.24) is 4.98 Å². The predicted octanol–water partition coefficient (Wildman–Crippen LogP) is 3.39. The molecule has 0 aliphatic heterocycles. The summed E-state index contributed by atoms with van der Waals surface area (Å²) in [5.41, 5.74) is 1.11. The smallest absolute Gasteiger partial charge is 0.128 e. The molecule has 0 aromatic carbocycles. The summed E-state index contributed by atoms with van der Waals surface area (Å²) in [5, 5.41) is 3.40. The number of pyridine rings is 1. The minimum absolute atomic E-state index is 0.741. The lowest BCUT2D eigenvalue weighted by Crippen LogP contribution is -2.22. The van der Waals surface area contributed by atoms with Gasteiger partial charge in [-0.2, -0.15) is 0 Å². The van der Waals surface area contributed by atoms with Gasteiger partial charge in [-0.05, 0) is 38.3 Å². The van der Waals surface area contributed by atoms with Crippen molar-refractivity contribution in [3.63, 3.8) is 0 Å². The van der Waals surface area contributed by atoms with Gasteiger partial charge in [-0.3, -0.25) is 0 Å². The quantitative estimate of drug-likeness (QED) is 0.785. The van der Waals surface area contributed by atoms with Crippen LogP contribution in [0, 0.1) is 5.92 Å². The molecule has 0 radical (unpaired) electrons. The monoisotopic (exact) mass is 235 g/mol. The fraction of sp³-hybridized carbons (Fsp3) is 0.643. The van der Waals surface area contributed by atoms with Crippen molar-refractivity contribution in [2.45, 2.75) is 34.1 Å². The summed E-state index contributed by atoms with van der Waals surface area (Å²) in [6, 6.07) is 4.20. The van der Waals surface area contributed by atoms with Crippen LogP contribution in [0.3, 0.4) is 0 Å². The Hall–Kier alpha value is -1.25. The van der Waals surface area contributed by atoms with E-state index in [1.807, 2.05) is 6.20 Å². The molecule has 3 nitrogen and oxygen atoms in total. The van der Waals surface area contributed by atoms with Crippen LogP contribution in [0.5, 0.6) is 0 Å². The zero-order chi connectivity index (χ0) is 12.7. The molecule has 0 saturated heterocycles. The van der Waals surface area contributed by atoms with Crippen molar-refractivity contribution in [3.05, 3.63) is 18.3 Å². The second kappa shape index (κ2) is 7.15. The van der Waals surface area contributed by atoms with E-state index in [1.54, 1.807) is 0 Å². The van der Waals surface area contributed by atoms with Gasteiger partial charge in [0.25, 0.3) is 0 Å². The lowest BCUT2D eigenvalue weighted by atomic mass is 10.1. The van der Waals surface area contributed by atoms with Gasteiger partial charge in [-0.25, -0.2) is 4.98 Å². The van der Waals surface area contributed by atoms with Crippen molar-refractivity contribution in [3.8, 4) is 0 Å². The summed E-state index contributed by atoms with van der Waals surface area (Å²) >= 11 is 0. The van der Waals surface area contributed by atoms with Crippen molar-refractivity contribution < 1.29 is 0 Å². The first-order valence-electron chi connectivity index (χ1n) is 6.62. The Kier molecular flexibility index (Phi) is 5.81. The van der Waals surface area contributed by atoms with Crippen LogP contribution in [0.1, 0.15) is 34.1 Å². The first-order chi connectivity index (χ1) is 8.17. The molecule has 17 heavy (non-hydrogen) atoms. The molecule has 0 spiro atoms. The summed E-state index contributed by atoms with van der Waals surface area (Å²) in [5.74, 6) is 1.80. The second-order valence-corrected chi connectivity index (χ2v) is 4.69. The van der Waals surface area contributed by atoms with E-state index in [4.69, 9.17) is 0 Å². The summed E-state index contributed by atoms with van der Waals surface area (Å²) in [7, 11) is 0. The van der Waals surface area contributed by atoms with Crippen molar-refractivity contribution >= 4 is 11.5 Å². The molecule has 0 atom stereocenters. The molecule has 0 saturated carbocycles. The van der Waals surface area contributed by atoms with Gasteiger partial charge in [0, 0.05) is 19.6 Å². The fourth-order valence-corrected chi connectivity index (χ4v) is 1.73. The SMILES string of the molecule is CCN(CC)c1ccc(NCCC(C)C)cn1. The third-order valence-electron chi connectivity index (χ3n) is 2.89. The van der Waals surface area contributed by atoms with Crippen LogP contribution in [0.2, 0.25) is 0 Å². The van der Waals surface area contributed by atoms with E-state index in [2.05, 4.69) is 55.0 Å². The highest BCUT2D eigenvalue weighted by Gasteiger charge is 2.02. The van der Waals surface area contributed by atoms with E-state index in [9.17, 15) is 0 Å². The minimum Gasteiger partial charge on any atom is -0.384 e. The number of rotatable bonds is 7. The van der Waals surface area contributed by atoms with Crippen molar-refractivity contribution in [1.29, 1.82) is 0 Å². The average molecular weight is 235 g/mol. The molecule has 0 fully saturated rings. The van der Waals surface area contributed by atoms with Crippen LogP contribution in [0.4, 0.5) is 11.5 Å². The minimum atomic E-state index is 0.741. The Morgan fingerprint density at radius 1 is 1.24 bits per heavy atom. The first kappa shape index (κ1) is 13.8. The first-order valence-corrected chi connectivity index (χ1v) is 6.62. The number of nitrogens with zero attached hydrogens (tertiary/aromatic N) is 2. The third-order valence-corrected chi connectivity index (χ3v) is 2.89. The second-order valence-electron chi connectivity index (χ2n) is 4.69. The Labute approximate surface area is 105 Å². The lowest BCUT2D eigenvalue weighted by Gasteiger charge is -2.19. The summed E-state index contributed by atoms with van der Waals surface area (Å²) in [6.45, 7) is 11.8. The zero-order valence-electron chi connectivity index (χ0n) is 11.5. The maximum absolute atomic E-state index is 4.48. The molecule has 96 valence electrons. The van der Waals surface area contributed by atoms with Crippen molar-refractivity contribution in [2.24, 2.45) is 5.92 Å². The van der Waals surface area contributed by atoms with Gasteiger partial charge in [-0.1, -0.05) is 13.8 Å². The van der Waals surface area contributed by atoms with E-state index in [1.165, 1.54) is 6.42 Å². The van der Waals surface area contributed by atoms with E-state index < -0.39 is 0 Å². The molecule has 3 heteroatoms. The molecular weight excluding hydrogens is 210 g/mol. The predicted molar refractivity (Wildman–Crippen MR) is 75.7 cm³/mol. The molecule has 0 aliphatic rings. The van der Waals surface area contributed by atoms with Gasteiger partial charge in [-0.15, -0.1) is 0 Å². The highest BCUT2D eigenvalue weighted by Crippen LogP contribution is 2.14. The Bertz CT molecular complexity index is 302. The molecule has 1 rings (SSSR count). The fourth-order valence-electron chi connectivity index (χ4n) is 1.73. The van der Waals surface area contributed by atoms with Crippen molar-refractivity contribution in [2.75, 3.05) is 29.9 Å². The van der Waals surface area contributed by atoms with E-state index in [0.717, 1.165) is 37.1 Å². The third kappa shape index (κ3) is 4.63. The van der Waals surface area contributed by atoms with Gasteiger partial charge in [0.1, 0.15) is 5.82 Å². The number of anilines is 2. The van der Waals surface area contributed by atoms with Gasteiger partial charge in [0.05, 0.1) is 11.9 Å². The van der Waals surface area contributed by atoms with Crippen LogP contribution in [0.25, 0.3) is 0 Å². The largest absolute Gasteiger partial charge is 0.384 e. The van der Waals surface area contributed by atoms with Gasteiger partial charge >= 0.3 is 0 Å². The zero-order valence-corrected chi connectivity index (χ0v) is 11.5. The number of nitrogens with one attached hydrogen (secondary N) is 1. The molecule has 1 aromatic rings. The molecule has 1 aromatic heterocycles. The molecular formula is C14H25N3. The Morgan fingerprint density at radius 3 is 2.41 bits per heavy atom. The molecule has 0 amide bonds. The normalized spacial score (nSPS) is 10.6. The Balaban J connectivity index is 2.49.